The summed E-state index contributed by atoms with van der Waals surface area (Å²) in [6, 6.07) is 17.9. The summed E-state index contributed by atoms with van der Waals surface area (Å²) in [7, 11) is 0. The average Bonchev–Trinajstić information content (AvgIpc) is 3.64. The van der Waals surface area contributed by atoms with Gasteiger partial charge in [0, 0.05) is 48.6 Å². The lowest BCUT2D eigenvalue weighted by atomic mass is 10.0. The minimum Gasteiger partial charge on any atom is -0.336 e. The number of nitrogens with one attached hydrogen (secondary N) is 2. The quantitative estimate of drug-likeness (QED) is 0.280. The first kappa shape index (κ1) is 23.5. The van der Waals surface area contributed by atoms with Gasteiger partial charge in [0.1, 0.15) is 11.3 Å². The molecule has 5 heterocycles. The molecule has 10 heteroatoms. The summed E-state index contributed by atoms with van der Waals surface area (Å²) in [4.78, 5) is 19.0. The molecule has 0 bridgehead atoms. The van der Waals surface area contributed by atoms with Crippen LogP contribution in [0.4, 0.5) is 13.2 Å². The van der Waals surface area contributed by atoms with Gasteiger partial charge in [-0.05, 0) is 35.9 Å². The molecule has 194 valence electrons. The third kappa shape index (κ3) is 4.32. The number of aromatic amines is 2. The minimum absolute atomic E-state index is 0.120. The molecule has 0 atom stereocenters. The van der Waals surface area contributed by atoms with Gasteiger partial charge in [0.15, 0.2) is 11.5 Å². The van der Waals surface area contributed by atoms with E-state index in [1.807, 2.05) is 36.4 Å². The molecule has 1 fully saturated rings. The summed E-state index contributed by atoms with van der Waals surface area (Å²) in [5.41, 5.74) is 6.71. The van der Waals surface area contributed by atoms with Crippen LogP contribution in [0.1, 0.15) is 12.0 Å². The molecule has 0 amide bonds. The molecule has 1 aliphatic heterocycles. The molecule has 0 saturated carbocycles. The molecule has 0 spiro atoms. The number of fused-ring (bicyclic) bond motifs is 2. The second-order valence-electron chi connectivity index (χ2n) is 9.83. The van der Waals surface area contributed by atoms with E-state index in [0.717, 1.165) is 22.2 Å². The molecule has 4 aromatic heterocycles. The highest BCUT2D eigenvalue weighted by Gasteiger charge is 2.37. The Labute approximate surface area is 220 Å². The number of likely N-dealkylation sites (tertiary alicyclic amines) is 1. The number of nitrogens with zero attached hydrogens (tertiary/aromatic N) is 5. The van der Waals surface area contributed by atoms with Crippen LogP contribution in [0.25, 0.3) is 56.0 Å². The van der Waals surface area contributed by atoms with Crippen LogP contribution < -0.4 is 0 Å². The predicted octanol–water partition coefficient (Wildman–Crippen LogP) is 6.21. The molecule has 2 N–H and O–H groups in total. The fourth-order valence-corrected chi connectivity index (χ4v) is 5.18. The Morgan fingerprint density at radius 2 is 1.77 bits per heavy atom. The largest absolute Gasteiger partial charge is 0.336 e. The van der Waals surface area contributed by atoms with E-state index in [-0.39, 0.29) is 18.8 Å². The van der Waals surface area contributed by atoms with E-state index in [4.69, 9.17) is 9.97 Å². The Balaban J connectivity index is 1.25. The minimum atomic E-state index is -2.64. The molecule has 7 nitrogen and oxygen atoms in total. The number of para-hydroxylation sites is 1. The molecular formula is C29H22F3N7. The maximum atomic E-state index is 14.6. The summed E-state index contributed by atoms with van der Waals surface area (Å²) >= 11 is 0. The highest BCUT2D eigenvalue weighted by Crippen LogP contribution is 2.33. The van der Waals surface area contributed by atoms with Crippen LogP contribution in [-0.2, 0) is 6.54 Å². The Morgan fingerprint density at radius 1 is 0.897 bits per heavy atom. The highest BCUT2D eigenvalue weighted by atomic mass is 19.3. The Morgan fingerprint density at radius 3 is 2.62 bits per heavy atom. The van der Waals surface area contributed by atoms with Gasteiger partial charge in [-0.3, -0.25) is 15.0 Å². The number of rotatable bonds is 5. The summed E-state index contributed by atoms with van der Waals surface area (Å²) in [5.74, 6) is -2.45. The van der Waals surface area contributed by atoms with Crippen LogP contribution in [0.3, 0.4) is 0 Å². The van der Waals surface area contributed by atoms with Crippen LogP contribution in [0.15, 0.2) is 73.1 Å². The van der Waals surface area contributed by atoms with E-state index < -0.39 is 5.92 Å². The molecular weight excluding hydrogens is 503 g/mol. The van der Waals surface area contributed by atoms with Gasteiger partial charge in [0.05, 0.1) is 28.8 Å². The van der Waals surface area contributed by atoms with Crippen molar-refractivity contribution < 1.29 is 13.2 Å². The van der Waals surface area contributed by atoms with Gasteiger partial charge in [-0.2, -0.15) is 5.10 Å². The zero-order valence-electron chi connectivity index (χ0n) is 20.6. The molecule has 0 unspecified atom stereocenters. The van der Waals surface area contributed by atoms with Crippen LogP contribution in [0, 0.1) is 5.82 Å². The number of hydrogen-bond acceptors (Lipinski definition) is 5. The first-order valence-corrected chi connectivity index (χ1v) is 12.6. The van der Waals surface area contributed by atoms with Crippen LogP contribution in [0.2, 0.25) is 0 Å². The fourth-order valence-electron chi connectivity index (χ4n) is 5.18. The number of pyridine rings is 2. The Hall–Kier alpha value is -4.57. The SMILES string of the molecule is Fc1ccccc1-c1cccc2[nH]c(-c3n[nH]c4ccc(-c5cncc(CN6CCC(F)(F)C6)c5)nc34)nc12. The molecule has 1 saturated heterocycles. The molecule has 1 aliphatic rings. The number of imidazole rings is 1. The van der Waals surface area contributed by atoms with E-state index in [1.54, 1.807) is 35.5 Å². The third-order valence-corrected chi connectivity index (χ3v) is 7.05. The maximum Gasteiger partial charge on any atom is 0.261 e. The van der Waals surface area contributed by atoms with E-state index in [9.17, 15) is 13.2 Å². The second-order valence-corrected chi connectivity index (χ2v) is 9.83. The summed E-state index contributed by atoms with van der Waals surface area (Å²) in [6.07, 6.45) is 3.28. The molecule has 0 aliphatic carbocycles. The van der Waals surface area contributed by atoms with Gasteiger partial charge in [-0.25, -0.2) is 23.1 Å². The predicted molar refractivity (Wildman–Crippen MR) is 142 cm³/mol. The second kappa shape index (κ2) is 9.02. The van der Waals surface area contributed by atoms with Crippen molar-refractivity contribution in [3.63, 3.8) is 0 Å². The highest BCUT2D eigenvalue weighted by molar-refractivity contribution is 5.96. The summed E-state index contributed by atoms with van der Waals surface area (Å²) in [6.45, 7) is 0.519. The number of aromatic nitrogens is 6. The van der Waals surface area contributed by atoms with Gasteiger partial charge in [-0.15, -0.1) is 0 Å². The summed E-state index contributed by atoms with van der Waals surface area (Å²) in [5, 5.41) is 7.47. The number of alkyl halides is 2. The standard InChI is InChI=1S/C29H22F3N7/c30-21-6-2-1-4-19(21)20-5-3-7-23-25(20)36-28(35-23)27-26-24(37-38-27)9-8-22(34-26)18-12-17(13-33-14-18)15-39-11-10-29(31,32)16-39/h1-9,12-14H,10-11,15-16H2,(H,35,36)(H,37,38). The van der Waals surface area contributed by atoms with Crippen molar-refractivity contribution in [3.8, 4) is 33.9 Å². The van der Waals surface area contributed by atoms with Crippen LogP contribution in [-0.4, -0.2) is 54.0 Å². The van der Waals surface area contributed by atoms with Gasteiger partial charge < -0.3 is 4.98 Å². The van der Waals surface area contributed by atoms with Crippen molar-refractivity contribution in [1.29, 1.82) is 0 Å². The van der Waals surface area contributed by atoms with Crippen molar-refractivity contribution >= 4 is 22.1 Å². The zero-order valence-corrected chi connectivity index (χ0v) is 20.6. The van der Waals surface area contributed by atoms with Gasteiger partial charge >= 0.3 is 0 Å². The van der Waals surface area contributed by atoms with E-state index in [2.05, 4.69) is 20.2 Å². The van der Waals surface area contributed by atoms with Crippen molar-refractivity contribution in [2.75, 3.05) is 13.1 Å². The maximum absolute atomic E-state index is 14.6. The number of hydrogen-bond donors (Lipinski definition) is 2. The molecule has 0 radical (unpaired) electrons. The lowest BCUT2D eigenvalue weighted by Crippen LogP contribution is -2.24. The lowest BCUT2D eigenvalue weighted by molar-refractivity contribution is 0.0115. The fraction of sp³-hybridized carbons (Fsp3) is 0.172. The molecule has 2 aromatic carbocycles. The normalized spacial score (nSPS) is 15.5. The molecule has 6 aromatic rings. The van der Waals surface area contributed by atoms with Gasteiger partial charge in [0.25, 0.3) is 5.92 Å². The first-order chi connectivity index (χ1) is 18.9. The molecule has 7 rings (SSSR count). The van der Waals surface area contributed by atoms with Crippen molar-refractivity contribution in [3.05, 3.63) is 84.4 Å². The van der Waals surface area contributed by atoms with Gasteiger partial charge in [0.2, 0.25) is 0 Å². The number of H-pyrrole nitrogens is 2. The number of halogens is 3. The van der Waals surface area contributed by atoms with Crippen LogP contribution >= 0.6 is 0 Å². The summed E-state index contributed by atoms with van der Waals surface area (Å²) < 4.78 is 41.8. The topological polar surface area (TPSA) is 86.4 Å². The smallest absolute Gasteiger partial charge is 0.261 e. The van der Waals surface area contributed by atoms with Crippen molar-refractivity contribution in [2.45, 2.75) is 18.9 Å². The van der Waals surface area contributed by atoms with E-state index in [1.165, 1.54) is 6.07 Å². The zero-order chi connectivity index (χ0) is 26.6. The number of benzene rings is 2. The van der Waals surface area contributed by atoms with Crippen LogP contribution in [0.5, 0.6) is 0 Å². The third-order valence-electron chi connectivity index (χ3n) is 7.05. The van der Waals surface area contributed by atoms with Crippen molar-refractivity contribution in [2.24, 2.45) is 0 Å². The van der Waals surface area contributed by atoms with Gasteiger partial charge in [-0.1, -0.05) is 30.3 Å². The van der Waals surface area contributed by atoms with E-state index in [0.29, 0.717) is 52.5 Å². The lowest BCUT2D eigenvalue weighted by Gasteiger charge is -2.15. The first-order valence-electron chi connectivity index (χ1n) is 12.6. The van der Waals surface area contributed by atoms with Crippen molar-refractivity contribution in [1.82, 2.24) is 35.0 Å². The Kier molecular flexibility index (Phi) is 5.44. The van der Waals surface area contributed by atoms with E-state index >= 15 is 0 Å². The average molecular weight is 526 g/mol. The Bertz CT molecular complexity index is 1840. The monoisotopic (exact) mass is 525 g/mol. The molecule has 39 heavy (non-hydrogen) atoms.